The van der Waals surface area contributed by atoms with Gasteiger partial charge in [0.15, 0.2) is 11.6 Å². The SMILES string of the molecule is CC(=O)N(CCN1CCCCC1)c1nnc(N(CCN2CCCCC2)C(C)=O)c2cc3ccccc3cc12. The molecular formula is C30H40N6O2. The van der Waals surface area contributed by atoms with Crippen molar-refractivity contribution in [2.45, 2.75) is 52.4 Å². The summed E-state index contributed by atoms with van der Waals surface area (Å²) >= 11 is 0. The van der Waals surface area contributed by atoms with Crippen LogP contribution in [0.3, 0.4) is 0 Å². The molecule has 2 amide bonds. The van der Waals surface area contributed by atoms with E-state index in [9.17, 15) is 9.59 Å². The summed E-state index contributed by atoms with van der Waals surface area (Å²) in [6, 6.07) is 12.4. The van der Waals surface area contributed by atoms with Crippen molar-refractivity contribution in [3.63, 3.8) is 0 Å². The Bertz CT molecular complexity index is 1180. The molecule has 38 heavy (non-hydrogen) atoms. The highest BCUT2D eigenvalue weighted by Gasteiger charge is 2.24. The molecule has 0 radical (unpaired) electrons. The number of carbonyl (C=O) groups is 2. The van der Waals surface area contributed by atoms with Crippen LogP contribution in [0.5, 0.6) is 0 Å². The summed E-state index contributed by atoms with van der Waals surface area (Å²) in [7, 11) is 0. The maximum atomic E-state index is 12.9. The van der Waals surface area contributed by atoms with Gasteiger partial charge in [-0.25, -0.2) is 0 Å². The number of anilines is 2. The van der Waals surface area contributed by atoms with Gasteiger partial charge in [-0.3, -0.25) is 19.4 Å². The number of amides is 2. The fourth-order valence-corrected chi connectivity index (χ4v) is 5.89. The lowest BCUT2D eigenvalue weighted by atomic mass is 10.0. The minimum atomic E-state index is -0.0490. The number of nitrogens with zero attached hydrogens (tertiary/aromatic N) is 6. The van der Waals surface area contributed by atoms with E-state index in [0.717, 1.165) is 60.8 Å². The second kappa shape index (κ2) is 12.2. The number of fused-ring (bicyclic) bond motifs is 2. The maximum absolute atomic E-state index is 12.9. The lowest BCUT2D eigenvalue weighted by Gasteiger charge is -2.31. The fourth-order valence-electron chi connectivity index (χ4n) is 5.89. The quantitative estimate of drug-likeness (QED) is 0.412. The van der Waals surface area contributed by atoms with Gasteiger partial charge < -0.3 is 9.80 Å². The summed E-state index contributed by atoms with van der Waals surface area (Å²) in [6.45, 7) is 10.3. The highest BCUT2D eigenvalue weighted by atomic mass is 16.2. The molecule has 0 N–H and O–H groups in total. The molecule has 0 spiro atoms. The van der Waals surface area contributed by atoms with Crippen LogP contribution in [0.15, 0.2) is 36.4 Å². The van der Waals surface area contributed by atoms with Crippen LogP contribution in [0.2, 0.25) is 0 Å². The molecule has 0 bridgehead atoms. The Morgan fingerprint density at radius 3 is 1.45 bits per heavy atom. The topological polar surface area (TPSA) is 72.9 Å². The Morgan fingerprint density at radius 2 is 1.08 bits per heavy atom. The van der Waals surface area contributed by atoms with Crippen molar-refractivity contribution in [2.24, 2.45) is 0 Å². The van der Waals surface area contributed by atoms with Crippen molar-refractivity contribution in [3.05, 3.63) is 36.4 Å². The van der Waals surface area contributed by atoms with Crippen molar-refractivity contribution < 1.29 is 9.59 Å². The van der Waals surface area contributed by atoms with Gasteiger partial charge in [0, 0.05) is 50.8 Å². The number of aromatic nitrogens is 2. The van der Waals surface area contributed by atoms with Crippen molar-refractivity contribution >= 4 is 45.0 Å². The van der Waals surface area contributed by atoms with E-state index in [1.807, 2.05) is 12.1 Å². The molecule has 0 aliphatic carbocycles. The Kier molecular flexibility index (Phi) is 8.49. The van der Waals surface area contributed by atoms with Gasteiger partial charge in [-0.2, -0.15) is 0 Å². The van der Waals surface area contributed by atoms with Crippen LogP contribution in [-0.2, 0) is 9.59 Å². The average Bonchev–Trinajstić information content (AvgIpc) is 2.93. The number of rotatable bonds is 8. The summed E-state index contributed by atoms with van der Waals surface area (Å²) in [5.74, 6) is 1.04. The molecule has 1 aromatic heterocycles. The van der Waals surface area contributed by atoms with Gasteiger partial charge in [0.25, 0.3) is 0 Å². The van der Waals surface area contributed by atoms with Crippen molar-refractivity contribution in [3.8, 4) is 0 Å². The largest absolute Gasteiger partial charge is 0.302 e. The van der Waals surface area contributed by atoms with E-state index in [-0.39, 0.29) is 11.8 Å². The summed E-state index contributed by atoms with van der Waals surface area (Å²) in [5.41, 5.74) is 0. The van der Waals surface area contributed by atoms with Crippen LogP contribution in [0.1, 0.15) is 52.4 Å². The van der Waals surface area contributed by atoms with Crippen molar-refractivity contribution in [1.82, 2.24) is 20.0 Å². The summed E-state index contributed by atoms with van der Waals surface area (Å²) in [5, 5.41) is 13.1. The first kappa shape index (κ1) is 26.5. The highest BCUT2D eigenvalue weighted by molar-refractivity contribution is 6.12. The predicted octanol–water partition coefficient (Wildman–Crippen LogP) is 4.46. The van der Waals surface area contributed by atoms with E-state index in [0.29, 0.717) is 24.7 Å². The zero-order valence-electron chi connectivity index (χ0n) is 22.9. The second-order valence-electron chi connectivity index (χ2n) is 10.7. The molecule has 3 aromatic rings. The van der Waals surface area contributed by atoms with E-state index in [2.05, 4.69) is 44.3 Å². The van der Waals surface area contributed by atoms with Crippen molar-refractivity contribution in [1.29, 1.82) is 0 Å². The van der Waals surface area contributed by atoms with Crippen LogP contribution in [0, 0.1) is 0 Å². The number of hydrogen-bond acceptors (Lipinski definition) is 6. The zero-order chi connectivity index (χ0) is 26.5. The van der Waals surface area contributed by atoms with Crippen LogP contribution < -0.4 is 9.80 Å². The van der Waals surface area contributed by atoms with Crippen molar-refractivity contribution in [2.75, 3.05) is 62.2 Å². The number of likely N-dealkylation sites (tertiary alicyclic amines) is 2. The molecule has 2 aliphatic heterocycles. The summed E-state index contributed by atoms with van der Waals surface area (Å²) in [4.78, 5) is 34.2. The molecule has 0 atom stereocenters. The normalized spacial score (nSPS) is 17.1. The van der Waals surface area contributed by atoms with E-state index < -0.39 is 0 Å². The number of benzene rings is 2. The monoisotopic (exact) mass is 516 g/mol. The molecule has 8 nitrogen and oxygen atoms in total. The van der Waals surface area contributed by atoms with E-state index in [4.69, 9.17) is 0 Å². The molecular weight excluding hydrogens is 476 g/mol. The van der Waals surface area contributed by atoms with Crippen LogP contribution in [-0.4, -0.2) is 84.2 Å². The van der Waals surface area contributed by atoms with Gasteiger partial charge in [-0.05, 0) is 74.8 Å². The lowest BCUT2D eigenvalue weighted by molar-refractivity contribution is -0.117. The Hall–Kier alpha value is -3.10. The van der Waals surface area contributed by atoms with Gasteiger partial charge >= 0.3 is 0 Å². The molecule has 3 heterocycles. The van der Waals surface area contributed by atoms with Gasteiger partial charge in [-0.1, -0.05) is 37.1 Å². The maximum Gasteiger partial charge on any atom is 0.225 e. The van der Waals surface area contributed by atoms with Crippen LogP contribution >= 0.6 is 0 Å². The molecule has 2 saturated heterocycles. The first-order valence-electron chi connectivity index (χ1n) is 14.2. The first-order chi connectivity index (χ1) is 18.5. The second-order valence-corrected chi connectivity index (χ2v) is 10.7. The van der Waals surface area contributed by atoms with Gasteiger partial charge in [0.05, 0.1) is 0 Å². The number of hydrogen-bond donors (Lipinski definition) is 0. The molecule has 5 rings (SSSR count). The van der Waals surface area contributed by atoms with E-state index in [1.165, 1.54) is 38.5 Å². The standard InChI is InChI=1S/C30H40N6O2/c1-23(37)35(19-17-33-13-7-3-8-14-33)29-27-21-25-11-5-6-12-26(25)22-28(27)30(32-31-29)36(24(2)38)20-18-34-15-9-4-10-16-34/h5-6,11-12,21-22H,3-4,7-10,13-20H2,1-2H3. The smallest absolute Gasteiger partial charge is 0.225 e. The van der Waals surface area contributed by atoms with Crippen LogP contribution in [0.25, 0.3) is 21.5 Å². The molecule has 2 aliphatic rings. The van der Waals surface area contributed by atoms with E-state index in [1.54, 1.807) is 23.6 Å². The molecule has 0 saturated carbocycles. The predicted molar refractivity (Wildman–Crippen MR) is 154 cm³/mol. The minimum absolute atomic E-state index is 0.0490. The molecule has 2 fully saturated rings. The summed E-state index contributed by atoms with van der Waals surface area (Å²) < 4.78 is 0. The van der Waals surface area contributed by atoms with Gasteiger partial charge in [0.1, 0.15) is 0 Å². The highest BCUT2D eigenvalue weighted by Crippen LogP contribution is 2.34. The molecule has 8 heteroatoms. The third kappa shape index (κ3) is 5.97. The van der Waals surface area contributed by atoms with Gasteiger partial charge in [-0.15, -0.1) is 10.2 Å². The average molecular weight is 517 g/mol. The number of piperidine rings is 2. The molecule has 2 aromatic carbocycles. The Morgan fingerprint density at radius 1 is 0.684 bits per heavy atom. The third-order valence-corrected chi connectivity index (χ3v) is 8.06. The Labute approximate surface area is 225 Å². The first-order valence-corrected chi connectivity index (χ1v) is 14.2. The third-order valence-electron chi connectivity index (χ3n) is 8.06. The summed E-state index contributed by atoms with van der Waals surface area (Å²) in [6.07, 6.45) is 7.40. The zero-order valence-corrected chi connectivity index (χ0v) is 22.9. The molecule has 0 unspecified atom stereocenters. The van der Waals surface area contributed by atoms with Crippen LogP contribution in [0.4, 0.5) is 11.6 Å². The number of carbonyl (C=O) groups excluding carboxylic acids is 2. The fraction of sp³-hybridized carbons (Fsp3) is 0.533. The Balaban J connectivity index is 1.53. The van der Waals surface area contributed by atoms with E-state index >= 15 is 0 Å². The van der Waals surface area contributed by atoms with Gasteiger partial charge in [0.2, 0.25) is 11.8 Å². The molecule has 202 valence electrons. The lowest BCUT2D eigenvalue weighted by Crippen LogP contribution is -2.41. The minimum Gasteiger partial charge on any atom is -0.302 e.